The van der Waals surface area contributed by atoms with Crippen molar-refractivity contribution in [3.05, 3.63) is 79.5 Å². The summed E-state index contributed by atoms with van der Waals surface area (Å²) in [5.74, 6) is -7.33. The first-order valence-electron chi connectivity index (χ1n) is 22.5. The van der Waals surface area contributed by atoms with E-state index < -0.39 is 93.8 Å². The molecule has 68 heavy (non-hydrogen) atoms. The van der Waals surface area contributed by atoms with Crippen LogP contribution < -0.4 is 30.9 Å². The molecule has 0 spiro atoms. The van der Waals surface area contributed by atoms with Crippen LogP contribution in [0.2, 0.25) is 0 Å². The largest absolute Gasteiger partial charge is 0.507 e. The van der Waals surface area contributed by atoms with Crippen molar-refractivity contribution in [2.75, 3.05) is 25.6 Å². The van der Waals surface area contributed by atoms with Gasteiger partial charge in [0.05, 0.1) is 41.7 Å². The zero-order valence-electron chi connectivity index (χ0n) is 40.3. The molecule has 0 saturated carbocycles. The van der Waals surface area contributed by atoms with E-state index in [0.717, 1.165) is 0 Å². The van der Waals surface area contributed by atoms with Crippen molar-refractivity contribution < 1.29 is 62.9 Å². The number of hydrogen-bond acceptors (Lipinski definition) is 16. The van der Waals surface area contributed by atoms with E-state index >= 15 is 0 Å². The Morgan fingerprint density at radius 2 is 1.65 bits per heavy atom. The van der Waals surface area contributed by atoms with Crippen molar-refractivity contribution in [3.8, 4) is 17.2 Å². The number of carbonyl (C=O) groups excluding carboxylic acids is 3. The summed E-state index contributed by atoms with van der Waals surface area (Å²) in [7, 11) is 1.43. The van der Waals surface area contributed by atoms with Crippen molar-refractivity contribution in [2.45, 2.75) is 112 Å². The predicted molar refractivity (Wildman–Crippen MR) is 253 cm³/mol. The highest BCUT2D eigenvalue weighted by atomic mass is 16.7. The first-order chi connectivity index (χ1) is 31.9. The minimum atomic E-state index is -2.02. The lowest BCUT2D eigenvalue weighted by molar-refractivity contribution is -0.160. The maximum atomic E-state index is 14.8. The summed E-state index contributed by atoms with van der Waals surface area (Å²) in [4.78, 5) is 73.5. The van der Waals surface area contributed by atoms with E-state index in [1.165, 1.54) is 72.3 Å². The molecule has 2 aliphatic rings. The fraction of sp³-hybridized carbons (Fsp3) is 0.480. The van der Waals surface area contributed by atoms with Crippen LogP contribution in [0.5, 0.6) is 17.2 Å². The number of hydrogen-bond donors (Lipinski definition) is 5. The van der Waals surface area contributed by atoms with Crippen LogP contribution >= 0.6 is 0 Å². The summed E-state index contributed by atoms with van der Waals surface area (Å²) in [5, 5.41) is 48.9. The number of allylic oxidation sites excluding steroid dienone is 2. The Labute approximate surface area is 392 Å². The highest BCUT2D eigenvalue weighted by molar-refractivity contribution is 6.16. The Kier molecular flexibility index (Phi) is 15.0. The van der Waals surface area contributed by atoms with E-state index in [2.05, 4.69) is 10.3 Å². The highest BCUT2D eigenvalue weighted by Gasteiger charge is 2.44. The van der Waals surface area contributed by atoms with Crippen molar-refractivity contribution >= 4 is 62.2 Å². The molecular formula is C50H61N3O15. The van der Waals surface area contributed by atoms with Crippen LogP contribution in [0.3, 0.4) is 0 Å². The standard InChI is InChI=1S/C50H61N3O15/c1-22(2)53(29(9)54)17-19-64-31-20-32(56)38-34(21-31)67-47-39(51-38)35-36-43(59)28(8)46-37(35)48(61)50(11,68-46)65-18-16-33(63-12)25(5)45(66-30(10)55)27(7)42(58)26(6)41(57)23(3)14-13-15-24(4)49(62)52-40(47)44(36)60/h13-16,18,20-23,25-27,33,41-42,45,57-59,61H,17,19H2,1-12H3,(H,52,62)/b14-13+,18-16+,24-15-/t23-,25+,26+,27+,33-,41-,42+,45+,50-/m0/s1. The van der Waals surface area contributed by atoms with Gasteiger partial charge in [0.2, 0.25) is 16.8 Å². The van der Waals surface area contributed by atoms with Gasteiger partial charge in [-0.15, -0.1) is 0 Å². The minimum Gasteiger partial charge on any atom is -0.507 e. The maximum absolute atomic E-state index is 14.8. The molecule has 366 valence electrons. The second-order valence-electron chi connectivity index (χ2n) is 18.2. The summed E-state index contributed by atoms with van der Waals surface area (Å²) < 4.78 is 36.1. The Bertz CT molecular complexity index is 2920. The summed E-state index contributed by atoms with van der Waals surface area (Å²) >= 11 is 0. The topological polar surface area (TPSA) is 254 Å². The molecule has 0 saturated heterocycles. The van der Waals surface area contributed by atoms with Gasteiger partial charge in [-0.05, 0) is 33.8 Å². The predicted octanol–water partition coefficient (Wildman–Crippen LogP) is 5.20. The number of benzene rings is 3. The van der Waals surface area contributed by atoms with E-state index in [1.54, 1.807) is 44.7 Å². The number of phenols is 1. The third-order valence-electron chi connectivity index (χ3n) is 13.0. The normalized spacial score (nSPS) is 27.7. The highest BCUT2D eigenvalue weighted by Crippen LogP contribution is 2.42. The van der Waals surface area contributed by atoms with Crippen LogP contribution in [0.25, 0.3) is 38.7 Å². The Morgan fingerprint density at radius 1 is 0.956 bits per heavy atom. The van der Waals surface area contributed by atoms with Crippen LogP contribution in [0.4, 0.5) is 5.69 Å². The number of methoxy groups -OCH3 is 1. The summed E-state index contributed by atoms with van der Waals surface area (Å²) in [6.45, 7) is 17.8. The molecule has 0 fully saturated rings. The van der Waals surface area contributed by atoms with Crippen LogP contribution in [0.15, 0.2) is 62.3 Å². The molecule has 6 rings (SSSR count). The first kappa shape index (κ1) is 50.9. The molecule has 3 heterocycles. The summed E-state index contributed by atoms with van der Waals surface area (Å²) in [6.07, 6.45) is 3.33. The summed E-state index contributed by atoms with van der Waals surface area (Å²) in [5.41, 5.74) is -2.82. The molecule has 0 radical (unpaired) electrons. The number of anilines is 1. The van der Waals surface area contributed by atoms with Crippen LogP contribution in [0, 0.1) is 30.6 Å². The molecule has 2 amide bonds. The lowest BCUT2D eigenvalue weighted by Crippen LogP contribution is -2.46. The number of aliphatic hydroxyl groups is 3. The number of aromatic hydroxyl groups is 1. The van der Waals surface area contributed by atoms with Gasteiger partial charge >= 0.3 is 11.8 Å². The third kappa shape index (κ3) is 9.62. The molecule has 3 aromatic carbocycles. The Balaban J connectivity index is 1.61. The van der Waals surface area contributed by atoms with Gasteiger partial charge in [0.15, 0.2) is 22.4 Å². The van der Waals surface area contributed by atoms with Crippen LogP contribution in [0.1, 0.15) is 74.8 Å². The number of nitrogens with one attached hydrogen (secondary N) is 1. The second-order valence-corrected chi connectivity index (χ2v) is 18.2. The van der Waals surface area contributed by atoms with Crippen LogP contribution in [-0.4, -0.2) is 105 Å². The molecule has 4 bridgehead atoms. The number of phenolic OH excluding ortho intramolecular Hbond substituents is 1. The van der Waals surface area contributed by atoms with Gasteiger partial charge in [-0.1, -0.05) is 45.9 Å². The van der Waals surface area contributed by atoms with Gasteiger partial charge in [0.25, 0.3) is 5.91 Å². The number of esters is 1. The number of amides is 2. The van der Waals surface area contributed by atoms with E-state index in [-0.39, 0.29) is 85.9 Å². The minimum absolute atomic E-state index is 0.0198. The zero-order valence-corrected chi connectivity index (χ0v) is 40.3. The molecule has 0 aliphatic carbocycles. The molecule has 5 N–H and O–H groups in total. The van der Waals surface area contributed by atoms with Crippen LogP contribution in [-0.2, 0) is 28.6 Å². The van der Waals surface area contributed by atoms with Crippen molar-refractivity contribution in [3.63, 3.8) is 0 Å². The number of ether oxygens (including phenoxy) is 5. The molecule has 0 unspecified atom stereocenters. The van der Waals surface area contributed by atoms with Gasteiger partial charge in [0.1, 0.15) is 41.2 Å². The first-order valence-corrected chi connectivity index (χ1v) is 22.5. The lowest BCUT2D eigenvalue weighted by Gasteiger charge is -2.38. The summed E-state index contributed by atoms with van der Waals surface area (Å²) in [6, 6.07) is 2.46. The monoisotopic (exact) mass is 943 g/mol. The fourth-order valence-electron chi connectivity index (χ4n) is 8.99. The molecule has 18 heteroatoms. The number of rotatable bonds is 7. The number of carbonyl (C=O) groups is 3. The van der Waals surface area contributed by atoms with Crippen molar-refractivity contribution in [1.82, 2.24) is 9.88 Å². The van der Waals surface area contributed by atoms with Gasteiger partial charge in [-0.2, -0.15) is 0 Å². The Hall–Kier alpha value is -6.50. The van der Waals surface area contributed by atoms with E-state index in [0.29, 0.717) is 0 Å². The average Bonchev–Trinajstić information content (AvgIpc) is 3.55. The zero-order chi connectivity index (χ0) is 50.3. The van der Waals surface area contributed by atoms with E-state index in [1.807, 2.05) is 13.8 Å². The van der Waals surface area contributed by atoms with Gasteiger partial charge < -0.3 is 58.7 Å². The molecule has 18 nitrogen and oxygen atoms in total. The number of fused-ring (bicyclic) bond motifs is 2. The number of aromatic nitrogens is 1. The number of aliphatic hydroxyl groups excluding tert-OH is 3. The quantitative estimate of drug-likeness (QED) is 0.0907. The SMILES string of the molecule is CO[C@H]1/C=C/O[C@@]2(C)Oc3c(C)c(O)c4c(=O)c(c5oc6cc(OCCN(C(C)=O)C(C)C)cc(=O)c6nc5c4c3=C2O)NC(=O)/C(C)=C\C=C\[C@H](C)[C@H](O)[C@@H](C)[C@@H](O)[C@@H](C)[C@H](OC(C)=O)[C@@H]1C. The third-order valence-corrected chi connectivity index (χ3v) is 13.0. The van der Waals surface area contributed by atoms with Gasteiger partial charge in [0, 0.05) is 86.2 Å². The smallest absolute Gasteiger partial charge is 0.307 e. The van der Waals surface area contributed by atoms with E-state index in [9.17, 15) is 44.4 Å². The second kappa shape index (κ2) is 20.0. The maximum Gasteiger partial charge on any atom is 0.307 e. The van der Waals surface area contributed by atoms with Gasteiger partial charge in [-0.3, -0.25) is 24.0 Å². The van der Waals surface area contributed by atoms with Crippen molar-refractivity contribution in [1.29, 1.82) is 0 Å². The molecule has 4 aromatic rings. The number of nitrogens with zero attached hydrogens (tertiary/aromatic N) is 2. The molecule has 1 aromatic heterocycles. The lowest BCUT2D eigenvalue weighted by atomic mass is 9.78. The van der Waals surface area contributed by atoms with E-state index in [4.69, 9.17) is 28.1 Å². The molecular weight excluding hydrogens is 883 g/mol. The van der Waals surface area contributed by atoms with Crippen molar-refractivity contribution in [2.24, 2.45) is 23.7 Å². The Morgan fingerprint density at radius 3 is 2.28 bits per heavy atom. The fourth-order valence-corrected chi connectivity index (χ4v) is 8.99. The van der Waals surface area contributed by atoms with Gasteiger partial charge in [-0.25, -0.2) is 4.98 Å². The molecule has 9 atom stereocenters. The molecule has 2 aliphatic heterocycles. The average molecular weight is 944 g/mol.